The molecule has 0 saturated heterocycles. The lowest BCUT2D eigenvalue weighted by atomic mass is 9.61. The Kier molecular flexibility index (Phi) is 7.25. The van der Waals surface area contributed by atoms with Gasteiger partial charge in [-0.05, 0) is 75.4 Å². The van der Waals surface area contributed by atoms with Crippen LogP contribution in [0.1, 0.15) is 37.0 Å². The third kappa shape index (κ3) is 5.56. The van der Waals surface area contributed by atoms with Gasteiger partial charge in [0.25, 0.3) is 0 Å². The number of rotatable bonds is 11. The van der Waals surface area contributed by atoms with Crippen LogP contribution >= 0.6 is 0 Å². The smallest absolute Gasteiger partial charge is 0.226 e. The fourth-order valence-electron chi connectivity index (χ4n) is 4.92. The number of nitrogens with zero attached hydrogens (tertiary/aromatic N) is 7. The Hall–Kier alpha value is -4.15. The quantitative estimate of drug-likeness (QED) is 0.329. The van der Waals surface area contributed by atoms with Crippen LogP contribution in [0.15, 0.2) is 54.6 Å². The van der Waals surface area contributed by atoms with Gasteiger partial charge < -0.3 is 9.64 Å². The zero-order valence-electron chi connectivity index (χ0n) is 20.1. The van der Waals surface area contributed by atoms with Gasteiger partial charge in [0.2, 0.25) is 5.91 Å². The number of amides is 1. The summed E-state index contributed by atoms with van der Waals surface area (Å²) in [6.07, 6.45) is 2.98. The van der Waals surface area contributed by atoms with E-state index in [9.17, 15) is 4.79 Å². The van der Waals surface area contributed by atoms with Gasteiger partial charge in [-0.15, -0.1) is 10.2 Å². The number of aromatic nitrogens is 8. The minimum atomic E-state index is -0.0942. The third-order valence-electron chi connectivity index (χ3n) is 6.74. The van der Waals surface area contributed by atoms with Crippen molar-refractivity contribution in [3.05, 3.63) is 71.8 Å². The molecule has 1 saturated carbocycles. The summed E-state index contributed by atoms with van der Waals surface area (Å²) in [5.41, 5.74) is 1.07. The van der Waals surface area contributed by atoms with Crippen molar-refractivity contribution in [2.24, 2.45) is 17.8 Å². The summed E-state index contributed by atoms with van der Waals surface area (Å²) in [6, 6.07) is 17.6. The van der Waals surface area contributed by atoms with Gasteiger partial charge in [-0.1, -0.05) is 37.3 Å². The van der Waals surface area contributed by atoms with Gasteiger partial charge >= 0.3 is 0 Å². The first-order valence-electron chi connectivity index (χ1n) is 12.3. The van der Waals surface area contributed by atoms with Gasteiger partial charge in [-0.25, -0.2) is 10.2 Å². The molecule has 2 heterocycles. The molecule has 2 aromatic heterocycles. The molecule has 2 aromatic carbocycles. The van der Waals surface area contributed by atoms with Crippen LogP contribution in [0.25, 0.3) is 0 Å². The van der Waals surface area contributed by atoms with Crippen molar-refractivity contribution in [2.45, 2.75) is 39.2 Å². The van der Waals surface area contributed by atoms with E-state index < -0.39 is 0 Å². The topological polar surface area (TPSA) is 138 Å². The maximum absolute atomic E-state index is 13.7. The largest absolute Gasteiger partial charge is 0.457 e. The average molecular weight is 488 g/mol. The van der Waals surface area contributed by atoms with Crippen LogP contribution in [0.4, 0.5) is 0 Å². The minimum absolute atomic E-state index is 0.0942. The number of para-hydroxylation sites is 1. The molecule has 1 aliphatic carbocycles. The van der Waals surface area contributed by atoms with Gasteiger partial charge in [0.05, 0.1) is 0 Å². The Morgan fingerprint density at radius 3 is 2.25 bits per heavy atom. The van der Waals surface area contributed by atoms with Crippen molar-refractivity contribution in [1.29, 1.82) is 0 Å². The zero-order valence-corrected chi connectivity index (χ0v) is 20.1. The molecule has 0 bridgehead atoms. The summed E-state index contributed by atoms with van der Waals surface area (Å²) >= 11 is 0. The van der Waals surface area contributed by atoms with Crippen molar-refractivity contribution in [3.8, 4) is 11.5 Å². The Balaban J connectivity index is 1.26. The van der Waals surface area contributed by atoms with Gasteiger partial charge in [0, 0.05) is 31.8 Å². The first-order chi connectivity index (χ1) is 17.7. The Morgan fingerprint density at radius 2 is 1.61 bits per heavy atom. The highest BCUT2D eigenvalue weighted by Gasteiger charge is 2.47. The summed E-state index contributed by atoms with van der Waals surface area (Å²) in [6.45, 7) is 3.35. The molecule has 36 heavy (non-hydrogen) atoms. The Labute approximate surface area is 208 Å². The average Bonchev–Trinajstić information content (AvgIpc) is 3.61. The summed E-state index contributed by atoms with van der Waals surface area (Å²) in [7, 11) is 0. The number of tetrazole rings is 2. The van der Waals surface area contributed by atoms with E-state index in [0.717, 1.165) is 35.7 Å². The molecule has 4 aromatic rings. The van der Waals surface area contributed by atoms with E-state index in [1.54, 1.807) is 0 Å². The van der Waals surface area contributed by atoms with E-state index in [1.165, 1.54) is 0 Å². The molecule has 0 radical (unpaired) electrons. The first kappa shape index (κ1) is 23.6. The zero-order chi connectivity index (χ0) is 24.7. The molecule has 2 N–H and O–H groups in total. The Bertz CT molecular complexity index is 1210. The number of nitrogens with one attached hydrogen (secondary N) is 2. The van der Waals surface area contributed by atoms with Crippen molar-refractivity contribution in [3.63, 3.8) is 0 Å². The lowest BCUT2D eigenvalue weighted by Gasteiger charge is -2.45. The van der Waals surface area contributed by atoms with Crippen molar-refractivity contribution in [2.75, 3.05) is 6.54 Å². The van der Waals surface area contributed by atoms with Crippen molar-refractivity contribution in [1.82, 2.24) is 46.1 Å². The predicted octanol–water partition coefficient (Wildman–Crippen LogP) is 2.98. The fourth-order valence-corrected chi connectivity index (χ4v) is 4.92. The number of carbonyl (C=O) groups is 1. The lowest BCUT2D eigenvalue weighted by molar-refractivity contribution is -0.145. The van der Waals surface area contributed by atoms with E-state index in [-0.39, 0.29) is 23.7 Å². The van der Waals surface area contributed by atoms with Gasteiger partial charge in [0.15, 0.2) is 0 Å². The molecule has 1 aliphatic rings. The fraction of sp³-hybridized carbons (Fsp3) is 0.400. The van der Waals surface area contributed by atoms with Gasteiger partial charge in [-0.2, -0.15) is 0 Å². The number of hydrogen-bond acceptors (Lipinski definition) is 8. The highest BCUT2D eigenvalue weighted by molar-refractivity contribution is 5.80. The van der Waals surface area contributed by atoms with Crippen LogP contribution in [-0.4, -0.2) is 58.6 Å². The van der Waals surface area contributed by atoms with Crippen LogP contribution < -0.4 is 4.74 Å². The summed E-state index contributed by atoms with van der Waals surface area (Å²) in [5.74, 6) is 3.44. The second-order valence-electron chi connectivity index (χ2n) is 9.19. The molecule has 11 nitrogen and oxygen atoms in total. The molecule has 11 heteroatoms. The van der Waals surface area contributed by atoms with E-state index in [2.05, 4.69) is 48.2 Å². The molecule has 186 valence electrons. The molecular weight excluding hydrogens is 458 g/mol. The summed E-state index contributed by atoms with van der Waals surface area (Å²) < 4.78 is 5.90. The van der Waals surface area contributed by atoms with E-state index in [0.29, 0.717) is 31.8 Å². The maximum Gasteiger partial charge on any atom is 0.226 e. The molecular formula is C25H29N9O2. The Morgan fingerprint density at radius 1 is 0.944 bits per heavy atom. The summed E-state index contributed by atoms with van der Waals surface area (Å²) in [4.78, 5) is 15.7. The van der Waals surface area contributed by atoms with Crippen LogP contribution in [0.3, 0.4) is 0 Å². The lowest BCUT2D eigenvalue weighted by Crippen LogP contribution is -2.49. The molecule has 3 unspecified atom stereocenters. The maximum atomic E-state index is 13.7. The molecule has 0 aliphatic heterocycles. The standard InChI is InChI=1S/C25H29N9O2/c1-2-12-34(16-17-8-10-20(11-9-17)36-19-6-4-3-5-7-19)25(35)22-13-18(14-23-26-30-31-27-23)21(22)15-24-28-32-33-29-24/h3-11,18,21-22H,2,12-16H2,1H3,(H,26,27,30,31)(H,28,29,32,33). The molecule has 1 amide bonds. The SMILES string of the molecule is CCCN(Cc1ccc(Oc2ccccc2)cc1)C(=O)C1CC(Cc2nnn[nH]2)C1Cc1nnn[nH]1. The summed E-state index contributed by atoms with van der Waals surface area (Å²) in [5, 5.41) is 28.5. The molecule has 5 rings (SSSR count). The predicted molar refractivity (Wildman–Crippen MR) is 130 cm³/mol. The van der Waals surface area contributed by atoms with Gasteiger partial charge in [0.1, 0.15) is 23.1 Å². The highest BCUT2D eigenvalue weighted by Crippen LogP contribution is 2.45. The number of hydrogen-bond donors (Lipinski definition) is 2. The van der Waals surface area contributed by atoms with E-state index in [1.807, 2.05) is 59.5 Å². The monoisotopic (exact) mass is 487 g/mol. The number of aromatic amines is 2. The molecule has 1 fully saturated rings. The van der Waals surface area contributed by atoms with E-state index >= 15 is 0 Å². The van der Waals surface area contributed by atoms with E-state index in [4.69, 9.17) is 4.74 Å². The number of ether oxygens (including phenoxy) is 1. The number of benzene rings is 2. The molecule has 0 spiro atoms. The van der Waals surface area contributed by atoms with Crippen LogP contribution in [0.2, 0.25) is 0 Å². The number of H-pyrrole nitrogens is 2. The third-order valence-corrected chi connectivity index (χ3v) is 6.74. The second kappa shape index (κ2) is 11.1. The molecule has 3 atom stereocenters. The van der Waals surface area contributed by atoms with Crippen LogP contribution in [0, 0.1) is 17.8 Å². The first-order valence-corrected chi connectivity index (χ1v) is 12.3. The normalized spacial score (nSPS) is 19.0. The van der Waals surface area contributed by atoms with Crippen LogP contribution in [-0.2, 0) is 24.2 Å². The minimum Gasteiger partial charge on any atom is -0.457 e. The number of carbonyl (C=O) groups excluding carboxylic acids is 1. The second-order valence-corrected chi connectivity index (χ2v) is 9.19. The van der Waals surface area contributed by atoms with Crippen LogP contribution in [0.5, 0.6) is 11.5 Å². The van der Waals surface area contributed by atoms with Crippen molar-refractivity contribution < 1.29 is 9.53 Å². The van der Waals surface area contributed by atoms with Gasteiger partial charge in [-0.3, -0.25) is 4.79 Å². The highest BCUT2D eigenvalue weighted by atomic mass is 16.5. The van der Waals surface area contributed by atoms with Crippen molar-refractivity contribution >= 4 is 5.91 Å².